The molecule has 13 heteroatoms. The SMILES string of the molecule is CC(C)N[C@@](Cc1ccc(OC(=O)OC(C)C)c(OC(=O)OC(C)C)c1)(OC(=O)OC(C)C)C(=O)O.Cl. The summed E-state index contributed by atoms with van der Waals surface area (Å²) in [6.07, 6.45) is -5.21. The Morgan fingerprint density at radius 2 is 1.24 bits per heavy atom. The molecule has 0 aromatic heterocycles. The van der Waals surface area contributed by atoms with E-state index in [0.29, 0.717) is 0 Å². The van der Waals surface area contributed by atoms with Crippen LogP contribution in [0.15, 0.2) is 18.2 Å². The quantitative estimate of drug-likeness (QED) is 0.168. The number of carboxylic acids is 1. The van der Waals surface area contributed by atoms with Gasteiger partial charge in [-0.05, 0) is 73.1 Å². The molecule has 0 spiro atoms. The number of hydrogen-bond acceptors (Lipinski definition) is 11. The third-order valence-electron chi connectivity index (χ3n) is 3.97. The van der Waals surface area contributed by atoms with Crippen molar-refractivity contribution in [1.29, 1.82) is 0 Å². The van der Waals surface area contributed by atoms with Gasteiger partial charge in [-0.15, -0.1) is 12.4 Å². The van der Waals surface area contributed by atoms with Crippen molar-refractivity contribution >= 4 is 36.8 Å². The van der Waals surface area contributed by atoms with Gasteiger partial charge < -0.3 is 33.5 Å². The van der Waals surface area contributed by atoms with Crippen LogP contribution in [0.1, 0.15) is 61.0 Å². The van der Waals surface area contributed by atoms with Gasteiger partial charge in [-0.3, -0.25) is 5.32 Å². The first-order valence-corrected chi connectivity index (χ1v) is 11.4. The van der Waals surface area contributed by atoms with Crippen molar-refractivity contribution in [3.05, 3.63) is 23.8 Å². The molecule has 0 aliphatic heterocycles. The summed E-state index contributed by atoms with van der Waals surface area (Å²) in [5, 5.41) is 12.7. The van der Waals surface area contributed by atoms with E-state index in [1.54, 1.807) is 55.4 Å². The lowest BCUT2D eigenvalue weighted by molar-refractivity contribution is -0.167. The first-order valence-electron chi connectivity index (χ1n) is 11.4. The molecule has 1 rings (SSSR count). The largest absolute Gasteiger partial charge is 0.514 e. The molecule has 0 aliphatic carbocycles. The summed E-state index contributed by atoms with van der Waals surface area (Å²) in [4.78, 5) is 48.6. The molecule has 12 nitrogen and oxygen atoms in total. The Labute approximate surface area is 222 Å². The Kier molecular flexibility index (Phi) is 13.8. The van der Waals surface area contributed by atoms with E-state index in [4.69, 9.17) is 28.4 Å². The van der Waals surface area contributed by atoms with Crippen LogP contribution in [0.5, 0.6) is 11.5 Å². The van der Waals surface area contributed by atoms with E-state index in [-0.39, 0.29) is 29.5 Å². The van der Waals surface area contributed by atoms with Gasteiger partial charge in [0.05, 0.1) is 18.3 Å². The number of carboxylic acid groups (broad SMARTS) is 1. The van der Waals surface area contributed by atoms with E-state index in [0.717, 1.165) is 0 Å². The maximum atomic E-state index is 12.3. The van der Waals surface area contributed by atoms with E-state index < -0.39 is 60.9 Å². The van der Waals surface area contributed by atoms with Gasteiger partial charge in [-0.25, -0.2) is 19.2 Å². The molecule has 1 atom stereocenters. The van der Waals surface area contributed by atoms with Crippen LogP contribution in [0.4, 0.5) is 14.4 Å². The van der Waals surface area contributed by atoms with Crippen molar-refractivity contribution < 1.29 is 52.7 Å². The Balaban J connectivity index is 0.0000130. The normalized spacial score (nSPS) is 12.4. The second kappa shape index (κ2) is 15.1. The zero-order valence-corrected chi connectivity index (χ0v) is 23.0. The first kappa shape index (κ1) is 33.8. The lowest BCUT2D eigenvalue weighted by atomic mass is 10.0. The molecule has 0 bridgehead atoms. The van der Waals surface area contributed by atoms with Crippen LogP contribution < -0.4 is 14.8 Å². The molecule has 0 radical (unpaired) electrons. The van der Waals surface area contributed by atoms with Gasteiger partial charge >= 0.3 is 24.4 Å². The Bertz CT molecular complexity index is 933. The molecule has 0 saturated heterocycles. The minimum absolute atomic E-state index is 0. The monoisotopic (exact) mass is 549 g/mol. The lowest BCUT2D eigenvalue weighted by Gasteiger charge is -2.32. The third kappa shape index (κ3) is 12.0. The molecular formula is C24H36ClNO11. The highest BCUT2D eigenvalue weighted by molar-refractivity contribution is 5.85. The second-order valence-electron chi connectivity index (χ2n) is 8.95. The number of nitrogens with one attached hydrogen (secondary N) is 1. The van der Waals surface area contributed by atoms with Crippen LogP contribution >= 0.6 is 12.4 Å². The molecule has 1 aromatic carbocycles. The summed E-state index contributed by atoms with van der Waals surface area (Å²) in [5.74, 6) is -1.91. The third-order valence-corrected chi connectivity index (χ3v) is 3.97. The summed E-state index contributed by atoms with van der Waals surface area (Å²) in [6.45, 7) is 13.0. The Morgan fingerprint density at radius 1 is 0.784 bits per heavy atom. The van der Waals surface area contributed by atoms with Crippen molar-refractivity contribution in [2.45, 2.75) is 91.9 Å². The maximum absolute atomic E-state index is 12.3. The van der Waals surface area contributed by atoms with Crippen molar-refractivity contribution in [3.8, 4) is 11.5 Å². The van der Waals surface area contributed by atoms with Gasteiger partial charge in [0, 0.05) is 12.5 Å². The van der Waals surface area contributed by atoms with Crippen LogP contribution in [0, 0.1) is 0 Å². The maximum Gasteiger partial charge on any atom is 0.514 e. The predicted molar refractivity (Wildman–Crippen MR) is 133 cm³/mol. The second-order valence-corrected chi connectivity index (χ2v) is 8.95. The smallest absolute Gasteiger partial charge is 0.477 e. The minimum Gasteiger partial charge on any atom is -0.477 e. The standard InChI is InChI=1S/C24H35NO11.ClH/c1-13(2)25-24(20(26)27,36-23(30)33-16(7)8)12-17-9-10-18(34-21(28)31-14(3)4)19(11-17)35-22(29)32-15(5)6;/h9-11,13-16,25H,12H2,1-8H3,(H,26,27);1H/t24-;/m0./s1. The van der Waals surface area contributed by atoms with Crippen molar-refractivity contribution in [2.24, 2.45) is 0 Å². The van der Waals surface area contributed by atoms with Gasteiger partial charge in [-0.1, -0.05) is 6.07 Å². The van der Waals surface area contributed by atoms with Crippen LogP contribution in [0.25, 0.3) is 0 Å². The van der Waals surface area contributed by atoms with E-state index in [1.807, 2.05) is 0 Å². The molecule has 0 fully saturated rings. The number of carbonyl (C=O) groups excluding carboxylic acids is 3. The molecule has 0 heterocycles. The fraction of sp³-hybridized carbons (Fsp3) is 0.583. The zero-order chi connectivity index (χ0) is 27.6. The van der Waals surface area contributed by atoms with E-state index in [2.05, 4.69) is 5.32 Å². The van der Waals surface area contributed by atoms with Crippen LogP contribution in [-0.2, 0) is 30.2 Å². The van der Waals surface area contributed by atoms with E-state index in [9.17, 15) is 24.3 Å². The number of benzene rings is 1. The molecule has 0 amide bonds. The minimum atomic E-state index is -2.23. The summed E-state index contributed by atoms with van der Waals surface area (Å²) in [7, 11) is 0. The number of rotatable bonds is 11. The highest BCUT2D eigenvalue weighted by Crippen LogP contribution is 2.31. The summed E-state index contributed by atoms with van der Waals surface area (Å²) >= 11 is 0. The molecule has 37 heavy (non-hydrogen) atoms. The number of carbonyl (C=O) groups is 4. The number of halogens is 1. The molecule has 210 valence electrons. The fourth-order valence-corrected chi connectivity index (χ4v) is 2.85. The number of hydrogen-bond donors (Lipinski definition) is 2. The van der Waals surface area contributed by atoms with Crippen molar-refractivity contribution in [3.63, 3.8) is 0 Å². The van der Waals surface area contributed by atoms with Gasteiger partial charge in [0.25, 0.3) is 5.72 Å². The van der Waals surface area contributed by atoms with Crippen LogP contribution in [0.2, 0.25) is 0 Å². The van der Waals surface area contributed by atoms with Crippen molar-refractivity contribution in [2.75, 3.05) is 0 Å². The van der Waals surface area contributed by atoms with Crippen LogP contribution in [0.3, 0.4) is 0 Å². The van der Waals surface area contributed by atoms with Gasteiger partial charge in [-0.2, -0.15) is 0 Å². The summed E-state index contributed by atoms with van der Waals surface area (Å²) in [5.41, 5.74) is -1.98. The van der Waals surface area contributed by atoms with E-state index in [1.165, 1.54) is 18.2 Å². The molecule has 1 aromatic rings. The first-order chi connectivity index (χ1) is 16.6. The molecule has 0 unspecified atom stereocenters. The van der Waals surface area contributed by atoms with Gasteiger partial charge in [0.15, 0.2) is 11.5 Å². The van der Waals surface area contributed by atoms with Gasteiger partial charge in [0.1, 0.15) is 0 Å². The summed E-state index contributed by atoms with van der Waals surface area (Å²) in [6, 6.07) is 3.54. The Hall–Kier alpha value is -3.25. The summed E-state index contributed by atoms with van der Waals surface area (Å²) < 4.78 is 30.4. The van der Waals surface area contributed by atoms with Crippen molar-refractivity contribution in [1.82, 2.24) is 5.32 Å². The molecular weight excluding hydrogens is 514 g/mol. The highest BCUT2D eigenvalue weighted by atomic mass is 35.5. The average molecular weight is 550 g/mol. The molecule has 2 N–H and O–H groups in total. The fourth-order valence-electron chi connectivity index (χ4n) is 2.85. The molecule has 0 aliphatic rings. The van der Waals surface area contributed by atoms with Crippen LogP contribution in [-0.4, -0.2) is 59.6 Å². The van der Waals surface area contributed by atoms with Gasteiger partial charge in [0.2, 0.25) is 0 Å². The Morgan fingerprint density at radius 3 is 1.68 bits per heavy atom. The topological polar surface area (TPSA) is 156 Å². The number of ether oxygens (including phenoxy) is 6. The molecule has 0 saturated carbocycles. The lowest BCUT2D eigenvalue weighted by Crippen LogP contribution is -2.59. The highest BCUT2D eigenvalue weighted by Gasteiger charge is 2.44. The predicted octanol–water partition coefficient (Wildman–Crippen LogP) is 4.84. The van der Waals surface area contributed by atoms with E-state index >= 15 is 0 Å². The number of aliphatic carboxylic acids is 1. The average Bonchev–Trinajstić information content (AvgIpc) is 2.67. The zero-order valence-electron chi connectivity index (χ0n) is 22.2.